The van der Waals surface area contributed by atoms with E-state index in [-0.39, 0.29) is 12.1 Å². The van der Waals surface area contributed by atoms with E-state index in [1.54, 1.807) is 0 Å². The summed E-state index contributed by atoms with van der Waals surface area (Å²) in [7, 11) is 0. The Morgan fingerprint density at radius 3 is 2.80 bits per heavy atom. The molecule has 0 spiro atoms. The molecular weight excluding hydrogens is 192 g/mol. The average molecular weight is 206 g/mol. The summed E-state index contributed by atoms with van der Waals surface area (Å²) in [5.74, 6) is -0.108. The lowest BCUT2D eigenvalue weighted by atomic mass is 10.2. The van der Waals surface area contributed by atoms with Crippen LogP contribution in [0.2, 0.25) is 0 Å². The summed E-state index contributed by atoms with van der Waals surface area (Å²) in [6.07, 6.45) is 1.27. The Bertz CT molecular complexity index is 321. The van der Waals surface area contributed by atoms with Gasteiger partial charge in [-0.2, -0.15) is 0 Å². The van der Waals surface area contributed by atoms with Gasteiger partial charge in [0.05, 0.1) is 13.2 Å². The minimum atomic E-state index is -0.108. The molecule has 80 valence electrons. The van der Waals surface area contributed by atoms with Crippen molar-refractivity contribution in [3.8, 4) is 0 Å². The first kappa shape index (κ1) is 10.2. The predicted molar refractivity (Wildman–Crippen MR) is 55.2 cm³/mol. The van der Waals surface area contributed by atoms with Gasteiger partial charge >= 0.3 is 5.97 Å². The minimum Gasteiger partial charge on any atom is -0.460 e. The van der Waals surface area contributed by atoms with Gasteiger partial charge < -0.3 is 9.47 Å². The fraction of sp³-hybridized carbons (Fsp3) is 0.417. The van der Waals surface area contributed by atoms with Crippen molar-refractivity contribution in [1.29, 1.82) is 0 Å². The van der Waals surface area contributed by atoms with Gasteiger partial charge in [0.2, 0.25) is 0 Å². The van der Waals surface area contributed by atoms with Crippen LogP contribution in [0.4, 0.5) is 0 Å². The summed E-state index contributed by atoms with van der Waals surface area (Å²) in [5, 5.41) is 0. The van der Waals surface area contributed by atoms with E-state index in [9.17, 15) is 4.79 Å². The van der Waals surface area contributed by atoms with E-state index < -0.39 is 0 Å². The number of carbonyl (C=O) groups excluding carboxylic acids is 1. The minimum absolute atomic E-state index is 0.0405. The highest BCUT2D eigenvalue weighted by Crippen LogP contribution is 2.14. The maximum absolute atomic E-state index is 10.8. The second kappa shape index (κ2) is 4.94. The highest BCUT2D eigenvalue weighted by Gasteiger charge is 2.22. The largest absolute Gasteiger partial charge is 0.460 e. The Balaban J connectivity index is 1.69. The number of benzene rings is 1. The van der Waals surface area contributed by atoms with Crippen molar-refractivity contribution in [2.24, 2.45) is 0 Å². The van der Waals surface area contributed by atoms with E-state index in [0.717, 1.165) is 12.0 Å². The molecule has 1 atom stereocenters. The third-order valence-corrected chi connectivity index (χ3v) is 2.38. The van der Waals surface area contributed by atoms with E-state index in [1.807, 2.05) is 30.3 Å². The van der Waals surface area contributed by atoms with Crippen LogP contribution in [0.15, 0.2) is 30.3 Å². The lowest BCUT2D eigenvalue weighted by Gasteiger charge is -2.09. The summed E-state index contributed by atoms with van der Waals surface area (Å²) >= 11 is 0. The molecule has 0 N–H and O–H groups in total. The van der Waals surface area contributed by atoms with Crippen molar-refractivity contribution in [2.45, 2.75) is 25.6 Å². The van der Waals surface area contributed by atoms with Crippen LogP contribution in [0.25, 0.3) is 0 Å². The third-order valence-electron chi connectivity index (χ3n) is 2.38. The van der Waals surface area contributed by atoms with Crippen molar-refractivity contribution in [2.75, 3.05) is 6.61 Å². The Morgan fingerprint density at radius 1 is 1.33 bits per heavy atom. The molecule has 0 bridgehead atoms. The lowest BCUT2D eigenvalue weighted by Crippen LogP contribution is -2.14. The van der Waals surface area contributed by atoms with Gasteiger partial charge in [-0.25, -0.2) is 0 Å². The number of ether oxygens (including phenoxy) is 2. The van der Waals surface area contributed by atoms with Crippen LogP contribution in [0.5, 0.6) is 0 Å². The SMILES string of the molecule is O=C1CC[C@H](COCc2ccccc2)O1. The van der Waals surface area contributed by atoms with Crippen LogP contribution in [-0.2, 0) is 20.9 Å². The van der Waals surface area contributed by atoms with Crippen LogP contribution < -0.4 is 0 Å². The summed E-state index contributed by atoms with van der Waals surface area (Å²) in [6, 6.07) is 9.96. The van der Waals surface area contributed by atoms with Crippen molar-refractivity contribution < 1.29 is 14.3 Å². The van der Waals surface area contributed by atoms with Gasteiger partial charge in [-0.3, -0.25) is 4.79 Å². The zero-order valence-corrected chi connectivity index (χ0v) is 8.52. The van der Waals surface area contributed by atoms with Crippen molar-refractivity contribution in [3.63, 3.8) is 0 Å². The molecule has 0 unspecified atom stereocenters. The van der Waals surface area contributed by atoms with Crippen molar-refractivity contribution in [1.82, 2.24) is 0 Å². The standard InChI is InChI=1S/C12H14O3/c13-12-7-6-11(15-12)9-14-8-10-4-2-1-3-5-10/h1-5,11H,6-9H2/t11-/m1/s1. The highest BCUT2D eigenvalue weighted by molar-refractivity contribution is 5.71. The van der Waals surface area contributed by atoms with E-state index in [2.05, 4.69) is 0 Å². The molecule has 0 saturated carbocycles. The summed E-state index contributed by atoms with van der Waals surface area (Å²) in [4.78, 5) is 10.8. The number of hydrogen-bond donors (Lipinski definition) is 0. The molecule has 3 heteroatoms. The number of esters is 1. The van der Waals surface area contributed by atoms with Crippen LogP contribution >= 0.6 is 0 Å². The monoisotopic (exact) mass is 206 g/mol. The number of rotatable bonds is 4. The van der Waals surface area contributed by atoms with Crippen molar-refractivity contribution >= 4 is 5.97 Å². The van der Waals surface area contributed by atoms with E-state index in [0.29, 0.717) is 19.6 Å². The average Bonchev–Trinajstić information content (AvgIpc) is 2.66. The van der Waals surface area contributed by atoms with Gasteiger partial charge in [0.15, 0.2) is 0 Å². The van der Waals surface area contributed by atoms with Crippen LogP contribution in [0, 0.1) is 0 Å². The molecule has 1 aromatic rings. The molecule has 15 heavy (non-hydrogen) atoms. The fourth-order valence-corrected chi connectivity index (χ4v) is 1.58. The van der Waals surface area contributed by atoms with Gasteiger partial charge in [-0.15, -0.1) is 0 Å². The fourth-order valence-electron chi connectivity index (χ4n) is 1.58. The molecule has 1 saturated heterocycles. The van der Waals surface area contributed by atoms with Crippen LogP contribution in [-0.4, -0.2) is 18.7 Å². The molecule has 0 aliphatic carbocycles. The van der Waals surface area contributed by atoms with Gasteiger partial charge in [-0.1, -0.05) is 30.3 Å². The highest BCUT2D eigenvalue weighted by atomic mass is 16.6. The predicted octanol–water partition coefficient (Wildman–Crippen LogP) is 1.91. The molecule has 3 nitrogen and oxygen atoms in total. The molecule has 0 aromatic heterocycles. The maximum atomic E-state index is 10.8. The molecule has 1 fully saturated rings. The van der Waals surface area contributed by atoms with Gasteiger partial charge in [0.1, 0.15) is 6.10 Å². The zero-order valence-electron chi connectivity index (χ0n) is 8.52. The van der Waals surface area contributed by atoms with E-state index in [1.165, 1.54) is 0 Å². The molecule has 0 amide bonds. The second-order valence-electron chi connectivity index (χ2n) is 3.65. The Hall–Kier alpha value is -1.35. The Labute approximate surface area is 89.0 Å². The molecule has 2 rings (SSSR count). The van der Waals surface area contributed by atoms with E-state index >= 15 is 0 Å². The third kappa shape index (κ3) is 3.06. The first-order valence-corrected chi connectivity index (χ1v) is 5.16. The topological polar surface area (TPSA) is 35.5 Å². The zero-order chi connectivity index (χ0) is 10.5. The summed E-state index contributed by atoms with van der Waals surface area (Å²) in [5.41, 5.74) is 1.14. The molecule has 1 heterocycles. The van der Waals surface area contributed by atoms with Gasteiger partial charge in [0.25, 0.3) is 0 Å². The molecule has 1 aliphatic heterocycles. The number of carbonyl (C=O) groups is 1. The summed E-state index contributed by atoms with van der Waals surface area (Å²) < 4.78 is 10.5. The van der Waals surface area contributed by atoms with E-state index in [4.69, 9.17) is 9.47 Å². The Morgan fingerprint density at radius 2 is 2.13 bits per heavy atom. The number of cyclic esters (lactones) is 1. The van der Waals surface area contributed by atoms with Crippen LogP contribution in [0.3, 0.4) is 0 Å². The van der Waals surface area contributed by atoms with Crippen molar-refractivity contribution in [3.05, 3.63) is 35.9 Å². The Kier molecular flexibility index (Phi) is 3.35. The first-order chi connectivity index (χ1) is 7.34. The first-order valence-electron chi connectivity index (χ1n) is 5.16. The summed E-state index contributed by atoms with van der Waals surface area (Å²) in [6.45, 7) is 1.08. The number of hydrogen-bond acceptors (Lipinski definition) is 3. The van der Waals surface area contributed by atoms with Gasteiger partial charge in [-0.05, 0) is 12.0 Å². The maximum Gasteiger partial charge on any atom is 0.306 e. The lowest BCUT2D eigenvalue weighted by molar-refractivity contribution is -0.143. The normalized spacial score (nSPS) is 20.3. The second-order valence-corrected chi connectivity index (χ2v) is 3.65. The molecule has 1 aromatic carbocycles. The smallest absolute Gasteiger partial charge is 0.306 e. The molecule has 1 aliphatic rings. The molecular formula is C12H14O3. The quantitative estimate of drug-likeness (QED) is 0.706. The molecule has 0 radical (unpaired) electrons. The van der Waals surface area contributed by atoms with Crippen LogP contribution in [0.1, 0.15) is 18.4 Å². The van der Waals surface area contributed by atoms with Gasteiger partial charge in [0, 0.05) is 6.42 Å².